The molecule has 1 aromatic heterocycles. The molecule has 1 fully saturated rings. The molecule has 1 atom stereocenters. The van der Waals surface area contributed by atoms with Gasteiger partial charge in [-0.1, -0.05) is 35.5 Å². The number of fused-ring (bicyclic) bond motifs is 2. The molecule has 0 saturated carbocycles. The van der Waals surface area contributed by atoms with Crippen LogP contribution in [0.1, 0.15) is 66.4 Å². The van der Waals surface area contributed by atoms with Gasteiger partial charge in [0.25, 0.3) is 21.5 Å². The number of hydrogen-bond donors (Lipinski definition) is 2. The highest BCUT2D eigenvalue weighted by Gasteiger charge is 2.35. The van der Waals surface area contributed by atoms with Crippen LogP contribution in [0.25, 0.3) is 22.2 Å². The maximum atomic E-state index is 14.1. The van der Waals surface area contributed by atoms with Gasteiger partial charge < -0.3 is 29.0 Å². The number of carbonyl (C=O) groups excluding carboxylic acids is 2. The first-order valence-electron chi connectivity index (χ1n) is 20.8. The number of anilines is 3. The Morgan fingerprint density at radius 1 is 0.873 bits per heavy atom. The fraction of sp³-hybridized carbons (Fsp3) is 0.386. The van der Waals surface area contributed by atoms with Gasteiger partial charge in [0.1, 0.15) is 11.3 Å². The van der Waals surface area contributed by atoms with Crippen molar-refractivity contribution >= 4 is 61.0 Å². The van der Waals surface area contributed by atoms with E-state index in [0.29, 0.717) is 147 Å². The predicted octanol–water partition coefficient (Wildman–Crippen LogP) is 7.87. The average molecular weight is 886 g/mol. The van der Waals surface area contributed by atoms with Crippen molar-refractivity contribution in [2.24, 2.45) is 5.92 Å². The highest BCUT2D eigenvalue weighted by molar-refractivity contribution is 7.85. The Balaban J connectivity index is 0.846. The molecular weight excluding hydrogens is 839 g/mol. The molecule has 0 spiro atoms. The van der Waals surface area contributed by atoms with Crippen LogP contribution >= 0.6 is 0 Å². The summed E-state index contributed by atoms with van der Waals surface area (Å²) in [7, 11) is -4.48. The van der Waals surface area contributed by atoms with Gasteiger partial charge in [-0.05, 0) is 75.3 Å². The molecule has 0 bridgehead atoms. The average Bonchev–Trinajstić information content (AvgIpc) is 3.72. The van der Waals surface area contributed by atoms with E-state index in [1.54, 1.807) is 30.3 Å². The summed E-state index contributed by atoms with van der Waals surface area (Å²) in [5.74, 6) is 0.143. The van der Waals surface area contributed by atoms with E-state index < -0.39 is 20.0 Å². The number of unbranched alkanes of at least 4 members (excludes halogenated alkanes) is 2. The summed E-state index contributed by atoms with van der Waals surface area (Å²) in [6.45, 7) is 3.58. The molecule has 63 heavy (non-hydrogen) atoms. The molecule has 19 heteroatoms. The van der Waals surface area contributed by atoms with Crippen molar-refractivity contribution in [3.63, 3.8) is 0 Å². The highest BCUT2D eigenvalue weighted by atomic mass is 32.2. The van der Waals surface area contributed by atoms with Crippen LogP contribution in [0, 0.1) is 26.1 Å². The molecule has 0 amide bonds. The third kappa shape index (κ3) is 10.7. The molecule has 2 N–H and O–H groups in total. The van der Waals surface area contributed by atoms with Crippen LogP contribution in [0.2, 0.25) is 0 Å². The van der Waals surface area contributed by atoms with Crippen molar-refractivity contribution in [2.45, 2.75) is 56.3 Å². The molecule has 1 saturated heterocycles. The van der Waals surface area contributed by atoms with Crippen molar-refractivity contribution in [2.75, 3.05) is 62.9 Å². The lowest BCUT2D eigenvalue weighted by Gasteiger charge is -2.34. The Kier molecular flexibility index (Phi) is 14.5. The maximum Gasteiger partial charge on any atom is 0.294 e. The summed E-state index contributed by atoms with van der Waals surface area (Å²) >= 11 is 0. The molecular formula is C44H47N5O13S. The van der Waals surface area contributed by atoms with Crippen LogP contribution < -0.4 is 10.2 Å². The summed E-state index contributed by atoms with van der Waals surface area (Å²) in [6, 6.07) is 18.3. The molecule has 2 heterocycles. The van der Waals surface area contributed by atoms with E-state index in [2.05, 4.69) is 15.4 Å². The minimum absolute atomic E-state index is 0.162. The highest BCUT2D eigenvalue weighted by Crippen LogP contribution is 2.47. The Bertz CT molecular complexity index is 2610. The van der Waals surface area contributed by atoms with Gasteiger partial charge in [0.05, 0.1) is 69.6 Å². The maximum absolute atomic E-state index is 14.1. The Morgan fingerprint density at radius 2 is 1.59 bits per heavy atom. The summed E-state index contributed by atoms with van der Waals surface area (Å²) in [5, 5.41) is 30.4. The third-order valence-corrected chi connectivity index (χ3v) is 12.0. The van der Waals surface area contributed by atoms with E-state index in [1.165, 1.54) is 30.3 Å². The minimum atomic E-state index is -4.48. The summed E-state index contributed by atoms with van der Waals surface area (Å²) in [5.41, 5.74) is 3.19. The summed E-state index contributed by atoms with van der Waals surface area (Å²) in [4.78, 5) is 50.3. The van der Waals surface area contributed by atoms with E-state index >= 15 is 0 Å². The number of Topliss-reactive ketones (excluding diaryl/α,β-unsaturated/α-hetero) is 1. The van der Waals surface area contributed by atoms with Crippen molar-refractivity contribution in [3.8, 4) is 11.3 Å². The number of ketones is 2. The molecule has 0 unspecified atom stereocenters. The topological polar surface area (TPSA) is 244 Å². The number of nitro groups is 2. The van der Waals surface area contributed by atoms with E-state index in [0.717, 1.165) is 18.9 Å². The Hall–Kier alpha value is -6.12. The largest absolute Gasteiger partial charge is 0.379 e. The van der Waals surface area contributed by atoms with Crippen LogP contribution in [0.15, 0.2) is 82.2 Å². The Morgan fingerprint density at radius 3 is 2.30 bits per heavy atom. The molecule has 7 rings (SSSR count). The first-order valence-corrected chi connectivity index (χ1v) is 22.2. The Labute approximate surface area is 362 Å². The van der Waals surface area contributed by atoms with E-state index in [1.807, 2.05) is 6.07 Å². The molecule has 2 aliphatic rings. The van der Waals surface area contributed by atoms with Crippen molar-refractivity contribution in [1.29, 1.82) is 0 Å². The zero-order chi connectivity index (χ0) is 44.5. The number of non-ortho nitro benzene ring substituents is 1. The van der Waals surface area contributed by atoms with Crippen LogP contribution in [0.5, 0.6) is 0 Å². The number of piperidine rings is 1. The number of nitro benzene ring substituents is 2. The second-order valence-electron chi connectivity index (χ2n) is 15.4. The number of aromatic nitrogens is 1. The second kappa shape index (κ2) is 20.4. The van der Waals surface area contributed by atoms with Gasteiger partial charge >= 0.3 is 0 Å². The SMILES string of the molecule is O=C1c2ccccc2-c2onc3c(N4CCC[C@H](C(=O)CCCCOCCOCCOCCCCc5ccc([N+](=O)[O-])cc5[N+](=O)[O-])C4)cc(Nc4cccc(S(=O)(=O)O)c4)c1c23. The number of nitrogens with one attached hydrogen (secondary N) is 1. The first kappa shape index (κ1) is 44.9. The quantitative estimate of drug-likeness (QED) is 0.0269. The minimum Gasteiger partial charge on any atom is -0.379 e. The monoisotopic (exact) mass is 885 g/mol. The number of rotatable bonds is 23. The number of benzene rings is 4. The van der Waals surface area contributed by atoms with Crippen LogP contribution in [0.3, 0.4) is 0 Å². The number of hydrogen-bond acceptors (Lipinski definition) is 15. The van der Waals surface area contributed by atoms with Crippen molar-refractivity contribution in [3.05, 3.63) is 110 Å². The van der Waals surface area contributed by atoms with E-state index in [9.17, 15) is 42.8 Å². The fourth-order valence-corrected chi connectivity index (χ4v) is 8.57. The van der Waals surface area contributed by atoms with Gasteiger partial charge in [0.15, 0.2) is 11.5 Å². The van der Waals surface area contributed by atoms with Gasteiger partial charge in [0.2, 0.25) is 0 Å². The first-order chi connectivity index (χ1) is 30.4. The van der Waals surface area contributed by atoms with Crippen LogP contribution in [-0.2, 0) is 35.5 Å². The number of nitrogens with zero attached hydrogens (tertiary/aromatic N) is 4. The molecule has 0 radical (unpaired) electrons. The fourth-order valence-electron chi connectivity index (χ4n) is 8.05. The lowest BCUT2D eigenvalue weighted by molar-refractivity contribution is -0.394. The van der Waals surface area contributed by atoms with Gasteiger partial charge in [0, 0.05) is 67.1 Å². The predicted molar refractivity (Wildman–Crippen MR) is 231 cm³/mol. The lowest BCUT2D eigenvalue weighted by Crippen LogP contribution is -2.39. The van der Waals surface area contributed by atoms with E-state index in [-0.39, 0.29) is 33.8 Å². The molecule has 1 aliphatic carbocycles. The van der Waals surface area contributed by atoms with Crippen LogP contribution in [-0.4, -0.2) is 92.3 Å². The van der Waals surface area contributed by atoms with Gasteiger partial charge in [-0.3, -0.25) is 34.4 Å². The third-order valence-electron chi connectivity index (χ3n) is 11.2. The standard InChI is InChI=1S/C44H47N5O13S/c50-39(15-4-6-20-60-22-24-61-23-21-59-19-5-3-9-29-16-17-32(48(52)53)26-37(29)49(54)55)30-10-8-18-47(28-30)38-27-36(45-31-11-7-12-33(25-31)63(56,57)58)40-41-42(38)46-62-44(41)35-14-2-1-13-34(35)43(40)51/h1-2,7,11-14,16-17,25-27,30,45H,3-6,8-10,15,18-24,28H2,(H,56,57,58)/t30-/m0/s1. The molecule has 4 aromatic carbocycles. The summed E-state index contributed by atoms with van der Waals surface area (Å²) in [6.07, 6.45) is 4.99. The van der Waals surface area contributed by atoms with Crippen molar-refractivity contribution in [1.82, 2.24) is 5.16 Å². The second-order valence-corrected chi connectivity index (χ2v) is 16.8. The normalized spacial score (nSPS) is 14.8. The molecule has 1 aliphatic heterocycles. The van der Waals surface area contributed by atoms with Gasteiger partial charge in [-0.15, -0.1) is 0 Å². The zero-order valence-corrected chi connectivity index (χ0v) is 35.2. The van der Waals surface area contributed by atoms with Crippen molar-refractivity contribution < 1.29 is 51.1 Å². The van der Waals surface area contributed by atoms with Gasteiger partial charge in [-0.25, -0.2) is 0 Å². The zero-order valence-electron chi connectivity index (χ0n) is 34.4. The molecule has 332 valence electrons. The smallest absolute Gasteiger partial charge is 0.294 e. The molecule has 5 aromatic rings. The van der Waals surface area contributed by atoms with E-state index in [4.69, 9.17) is 18.7 Å². The van der Waals surface area contributed by atoms with Gasteiger partial charge in [-0.2, -0.15) is 8.42 Å². The number of ether oxygens (including phenoxy) is 3. The molecule has 18 nitrogen and oxygen atoms in total. The number of aryl methyl sites for hydroxylation is 1. The summed E-state index contributed by atoms with van der Waals surface area (Å²) < 4.78 is 56.3. The number of carbonyl (C=O) groups is 2. The lowest BCUT2D eigenvalue weighted by atomic mass is 9.85. The van der Waals surface area contributed by atoms with Crippen LogP contribution in [0.4, 0.5) is 28.4 Å².